The average molecular weight is 360 g/mol. The van der Waals surface area contributed by atoms with Crippen LogP contribution in [0.4, 0.5) is 4.39 Å². The van der Waals surface area contributed by atoms with Crippen molar-refractivity contribution >= 4 is 17.4 Å². The number of allylic oxidation sites excluding steroid dienone is 1. The number of halogens is 1. The molecule has 1 atom stereocenters. The van der Waals surface area contributed by atoms with E-state index < -0.39 is 0 Å². The van der Waals surface area contributed by atoms with Crippen molar-refractivity contribution in [1.29, 1.82) is 0 Å². The highest BCUT2D eigenvalue weighted by atomic mass is 19.1. The first-order chi connectivity index (χ1) is 12.4. The lowest BCUT2D eigenvalue weighted by Gasteiger charge is -2.22. The maximum absolute atomic E-state index is 13.4. The molecule has 1 aliphatic rings. The first-order valence-corrected chi connectivity index (χ1v) is 9.44. The minimum atomic E-state index is -0.344. The van der Waals surface area contributed by atoms with Gasteiger partial charge in [-0.2, -0.15) is 0 Å². The fourth-order valence-electron chi connectivity index (χ4n) is 3.51. The van der Waals surface area contributed by atoms with Crippen LogP contribution < -0.4 is 5.32 Å². The largest absolute Gasteiger partial charge is 0.354 e. The third-order valence-corrected chi connectivity index (χ3v) is 4.87. The fraction of sp³-hybridized carbons (Fsp3) is 0.524. The van der Waals surface area contributed by atoms with E-state index in [-0.39, 0.29) is 23.7 Å². The second kappa shape index (κ2) is 9.51. The minimum absolute atomic E-state index is 0.0480. The van der Waals surface area contributed by atoms with E-state index in [2.05, 4.69) is 18.3 Å². The van der Waals surface area contributed by atoms with Gasteiger partial charge in [0, 0.05) is 20.0 Å². The molecule has 1 aromatic rings. The van der Waals surface area contributed by atoms with E-state index in [1.807, 2.05) is 13.0 Å². The van der Waals surface area contributed by atoms with Crippen LogP contribution >= 0.6 is 0 Å². The third-order valence-electron chi connectivity index (χ3n) is 4.87. The Kier molecular flexibility index (Phi) is 7.37. The number of likely N-dealkylation sites (tertiary alicyclic amines) is 1. The SMILES string of the molecule is CCC/C=C(/CCNC(=O)C1CCCN1C(C)=O)c1ccc(F)cc1C. The number of nitrogens with zero attached hydrogens (tertiary/aromatic N) is 1. The van der Waals surface area contributed by atoms with Gasteiger partial charge in [-0.1, -0.05) is 25.5 Å². The first kappa shape index (κ1) is 20.1. The molecule has 0 spiro atoms. The Bertz CT molecular complexity index is 685. The number of benzene rings is 1. The molecule has 1 fully saturated rings. The molecule has 0 aliphatic carbocycles. The molecular weight excluding hydrogens is 331 g/mol. The Morgan fingerprint density at radius 1 is 1.38 bits per heavy atom. The van der Waals surface area contributed by atoms with Crippen LogP contribution in [0.3, 0.4) is 0 Å². The van der Waals surface area contributed by atoms with E-state index in [1.54, 1.807) is 4.90 Å². The predicted octanol–water partition coefficient (Wildman–Crippen LogP) is 3.83. The number of carbonyl (C=O) groups is 2. The zero-order valence-corrected chi connectivity index (χ0v) is 16.0. The lowest BCUT2D eigenvalue weighted by molar-refractivity contribution is -0.136. The molecule has 4 nitrogen and oxygen atoms in total. The topological polar surface area (TPSA) is 49.4 Å². The van der Waals surface area contributed by atoms with E-state index in [0.717, 1.165) is 42.4 Å². The van der Waals surface area contributed by atoms with E-state index in [4.69, 9.17) is 0 Å². The number of hydrogen-bond acceptors (Lipinski definition) is 2. The van der Waals surface area contributed by atoms with Crippen molar-refractivity contribution in [2.75, 3.05) is 13.1 Å². The summed E-state index contributed by atoms with van der Waals surface area (Å²) < 4.78 is 13.4. The number of aryl methyl sites for hydroxylation is 1. The number of unbranched alkanes of at least 4 members (excludes halogenated alkanes) is 1. The summed E-state index contributed by atoms with van der Waals surface area (Å²) in [6.45, 7) is 6.69. The van der Waals surface area contributed by atoms with Crippen LogP contribution in [-0.2, 0) is 9.59 Å². The van der Waals surface area contributed by atoms with Crippen LogP contribution in [0.5, 0.6) is 0 Å². The smallest absolute Gasteiger partial charge is 0.242 e. The van der Waals surface area contributed by atoms with Crippen molar-refractivity contribution in [3.05, 3.63) is 41.2 Å². The van der Waals surface area contributed by atoms with E-state index in [1.165, 1.54) is 19.1 Å². The van der Waals surface area contributed by atoms with Gasteiger partial charge in [-0.25, -0.2) is 4.39 Å². The summed E-state index contributed by atoms with van der Waals surface area (Å²) in [7, 11) is 0. The van der Waals surface area contributed by atoms with Gasteiger partial charge in [0.05, 0.1) is 0 Å². The number of rotatable bonds is 7. The maximum atomic E-state index is 13.4. The van der Waals surface area contributed by atoms with Gasteiger partial charge in [-0.3, -0.25) is 9.59 Å². The van der Waals surface area contributed by atoms with Gasteiger partial charge < -0.3 is 10.2 Å². The lowest BCUT2D eigenvalue weighted by atomic mass is 9.96. The molecule has 1 aromatic carbocycles. The Hall–Kier alpha value is -2.17. The molecule has 1 N–H and O–H groups in total. The summed E-state index contributed by atoms with van der Waals surface area (Å²) in [5, 5.41) is 2.97. The molecule has 1 unspecified atom stereocenters. The molecule has 1 heterocycles. The van der Waals surface area contributed by atoms with E-state index >= 15 is 0 Å². The van der Waals surface area contributed by atoms with Gasteiger partial charge in [0.15, 0.2) is 0 Å². The highest BCUT2D eigenvalue weighted by Gasteiger charge is 2.31. The van der Waals surface area contributed by atoms with Crippen LogP contribution in [0.2, 0.25) is 0 Å². The van der Waals surface area contributed by atoms with Gasteiger partial charge in [0.25, 0.3) is 0 Å². The second-order valence-electron chi connectivity index (χ2n) is 6.89. The molecular formula is C21H29FN2O2. The van der Waals surface area contributed by atoms with Gasteiger partial charge in [0.1, 0.15) is 11.9 Å². The Morgan fingerprint density at radius 2 is 2.15 bits per heavy atom. The molecule has 26 heavy (non-hydrogen) atoms. The molecule has 1 saturated heterocycles. The molecule has 0 bridgehead atoms. The average Bonchev–Trinajstić information content (AvgIpc) is 3.08. The summed E-state index contributed by atoms with van der Waals surface area (Å²) in [6, 6.07) is 4.48. The second-order valence-corrected chi connectivity index (χ2v) is 6.89. The van der Waals surface area contributed by atoms with Crippen LogP contribution in [0.25, 0.3) is 5.57 Å². The van der Waals surface area contributed by atoms with Crippen molar-refractivity contribution in [3.63, 3.8) is 0 Å². The molecule has 0 aromatic heterocycles. The predicted molar refractivity (Wildman–Crippen MR) is 102 cm³/mol. The molecule has 2 rings (SSSR count). The molecule has 1 aliphatic heterocycles. The summed E-state index contributed by atoms with van der Waals surface area (Å²) >= 11 is 0. The zero-order chi connectivity index (χ0) is 19.1. The Labute approximate surface area is 155 Å². The van der Waals surface area contributed by atoms with Crippen LogP contribution in [0.15, 0.2) is 24.3 Å². The highest BCUT2D eigenvalue weighted by Crippen LogP contribution is 2.24. The minimum Gasteiger partial charge on any atom is -0.354 e. The van der Waals surface area contributed by atoms with Crippen molar-refractivity contribution in [2.45, 2.75) is 58.9 Å². The van der Waals surface area contributed by atoms with Crippen LogP contribution in [0, 0.1) is 12.7 Å². The molecule has 5 heteroatoms. The zero-order valence-electron chi connectivity index (χ0n) is 16.0. The standard InChI is InChI=1S/C21H29FN2O2/c1-4-5-7-17(19-10-9-18(22)14-15(19)2)11-12-23-21(26)20-8-6-13-24(20)16(3)25/h7,9-10,14,20H,4-6,8,11-13H2,1-3H3,(H,23,26)/b17-7-. The summed E-state index contributed by atoms with van der Waals surface area (Å²) in [6.07, 6.45) is 6.43. The van der Waals surface area contributed by atoms with Crippen molar-refractivity contribution in [3.8, 4) is 0 Å². The molecule has 2 amide bonds. The number of hydrogen-bond donors (Lipinski definition) is 1. The Morgan fingerprint density at radius 3 is 2.81 bits per heavy atom. The van der Waals surface area contributed by atoms with Gasteiger partial charge >= 0.3 is 0 Å². The normalized spacial score (nSPS) is 17.5. The summed E-state index contributed by atoms with van der Waals surface area (Å²) in [5.74, 6) is -0.364. The fourth-order valence-corrected chi connectivity index (χ4v) is 3.51. The number of nitrogens with one attached hydrogen (secondary N) is 1. The maximum Gasteiger partial charge on any atom is 0.242 e. The first-order valence-electron chi connectivity index (χ1n) is 9.44. The summed E-state index contributed by atoms with van der Waals surface area (Å²) in [5.41, 5.74) is 3.05. The monoisotopic (exact) mass is 360 g/mol. The highest BCUT2D eigenvalue weighted by molar-refractivity contribution is 5.87. The van der Waals surface area contributed by atoms with Gasteiger partial charge in [-0.15, -0.1) is 0 Å². The van der Waals surface area contributed by atoms with E-state index in [0.29, 0.717) is 19.5 Å². The lowest BCUT2D eigenvalue weighted by Crippen LogP contribution is -2.45. The van der Waals surface area contributed by atoms with Crippen molar-refractivity contribution < 1.29 is 14.0 Å². The summed E-state index contributed by atoms with van der Waals surface area (Å²) in [4.78, 5) is 25.7. The van der Waals surface area contributed by atoms with Crippen molar-refractivity contribution in [2.24, 2.45) is 0 Å². The van der Waals surface area contributed by atoms with Crippen LogP contribution in [-0.4, -0.2) is 35.8 Å². The van der Waals surface area contributed by atoms with Gasteiger partial charge in [-0.05, 0) is 61.4 Å². The molecule has 0 radical (unpaired) electrons. The molecule has 0 saturated carbocycles. The van der Waals surface area contributed by atoms with Crippen molar-refractivity contribution in [1.82, 2.24) is 10.2 Å². The van der Waals surface area contributed by atoms with Gasteiger partial charge in [0.2, 0.25) is 11.8 Å². The Balaban J connectivity index is 1.99. The van der Waals surface area contributed by atoms with E-state index in [9.17, 15) is 14.0 Å². The molecule has 142 valence electrons. The third kappa shape index (κ3) is 5.16. The number of carbonyl (C=O) groups excluding carboxylic acids is 2. The number of amides is 2. The van der Waals surface area contributed by atoms with Crippen LogP contribution in [0.1, 0.15) is 57.1 Å². The quantitative estimate of drug-likeness (QED) is 0.803.